The van der Waals surface area contributed by atoms with E-state index in [9.17, 15) is 19.2 Å². The maximum atomic E-state index is 11.8. The van der Waals surface area contributed by atoms with Crippen molar-refractivity contribution in [2.45, 2.75) is 53.6 Å². The summed E-state index contributed by atoms with van der Waals surface area (Å²) in [6.07, 6.45) is 0. The van der Waals surface area contributed by atoms with Crippen LogP contribution in [0.5, 0.6) is 0 Å². The predicted octanol–water partition coefficient (Wildman–Crippen LogP) is -0.279. The summed E-state index contributed by atoms with van der Waals surface area (Å²) in [5.41, 5.74) is -0.610. The van der Waals surface area contributed by atoms with Crippen molar-refractivity contribution in [3.8, 4) is 0 Å². The molecule has 0 bridgehead atoms. The van der Waals surface area contributed by atoms with Crippen molar-refractivity contribution in [3.63, 3.8) is 0 Å². The van der Waals surface area contributed by atoms with Gasteiger partial charge in [0.2, 0.25) is 17.7 Å². The molecule has 0 heterocycles. The first kappa shape index (κ1) is 20.9. The normalized spacial score (nSPS) is 13.5. The average Bonchev–Trinajstić information content (AvgIpc) is 2.43. The molecule has 132 valence electrons. The third-order valence-corrected chi connectivity index (χ3v) is 2.86. The summed E-state index contributed by atoms with van der Waals surface area (Å²) in [7, 11) is 0. The van der Waals surface area contributed by atoms with Crippen molar-refractivity contribution in [1.82, 2.24) is 16.0 Å². The minimum Gasteiger partial charge on any atom is -0.464 e. The number of hydrogen-bond acceptors (Lipinski definition) is 5. The summed E-state index contributed by atoms with van der Waals surface area (Å²) < 4.78 is 4.76. The highest BCUT2D eigenvalue weighted by atomic mass is 16.5. The summed E-state index contributed by atoms with van der Waals surface area (Å²) in [5, 5.41) is 7.37. The summed E-state index contributed by atoms with van der Waals surface area (Å²) >= 11 is 0. The van der Waals surface area contributed by atoms with Gasteiger partial charge in [0.15, 0.2) is 0 Å². The van der Waals surface area contributed by atoms with Gasteiger partial charge in [-0.2, -0.15) is 0 Å². The molecule has 0 aromatic rings. The van der Waals surface area contributed by atoms with Crippen LogP contribution in [-0.2, 0) is 23.9 Å². The SMILES string of the molecule is CCOC(=O)[C@H](C)NC(=O)CNC(=O)[C@H](C)NC(=O)C(C)(C)C. The number of hydrogen-bond donors (Lipinski definition) is 3. The van der Waals surface area contributed by atoms with Crippen molar-refractivity contribution in [3.05, 3.63) is 0 Å². The Balaban J connectivity index is 4.25. The first-order chi connectivity index (χ1) is 10.5. The van der Waals surface area contributed by atoms with Gasteiger partial charge in [-0.3, -0.25) is 14.4 Å². The molecule has 0 aromatic heterocycles. The molecule has 0 aliphatic heterocycles. The van der Waals surface area contributed by atoms with Crippen LogP contribution in [-0.4, -0.2) is 48.9 Å². The molecule has 0 spiro atoms. The van der Waals surface area contributed by atoms with Crippen molar-refractivity contribution in [2.24, 2.45) is 5.41 Å². The third kappa shape index (κ3) is 8.18. The van der Waals surface area contributed by atoms with Gasteiger partial charge in [0, 0.05) is 5.41 Å². The van der Waals surface area contributed by atoms with Crippen LogP contribution < -0.4 is 16.0 Å². The number of carbonyl (C=O) groups excluding carboxylic acids is 4. The Hall–Kier alpha value is -2.12. The maximum absolute atomic E-state index is 11.8. The maximum Gasteiger partial charge on any atom is 0.328 e. The van der Waals surface area contributed by atoms with E-state index in [4.69, 9.17) is 4.74 Å². The number of rotatable bonds is 7. The molecular formula is C15H27N3O5. The Morgan fingerprint density at radius 2 is 1.57 bits per heavy atom. The zero-order chi connectivity index (χ0) is 18.2. The smallest absolute Gasteiger partial charge is 0.328 e. The lowest BCUT2D eigenvalue weighted by Gasteiger charge is -2.21. The molecule has 2 atom stereocenters. The number of nitrogens with one attached hydrogen (secondary N) is 3. The molecule has 0 aliphatic carbocycles. The van der Waals surface area contributed by atoms with Gasteiger partial charge in [0.25, 0.3) is 0 Å². The second-order valence-electron chi connectivity index (χ2n) is 6.20. The molecule has 8 nitrogen and oxygen atoms in total. The highest BCUT2D eigenvalue weighted by molar-refractivity contribution is 5.92. The average molecular weight is 329 g/mol. The highest BCUT2D eigenvalue weighted by Gasteiger charge is 2.25. The summed E-state index contributed by atoms with van der Waals surface area (Å²) in [4.78, 5) is 46.6. The molecule has 0 radical (unpaired) electrons. The second-order valence-corrected chi connectivity index (χ2v) is 6.20. The third-order valence-electron chi connectivity index (χ3n) is 2.86. The van der Waals surface area contributed by atoms with Crippen molar-refractivity contribution in [2.75, 3.05) is 13.2 Å². The van der Waals surface area contributed by atoms with Gasteiger partial charge < -0.3 is 20.7 Å². The van der Waals surface area contributed by atoms with Crippen LogP contribution in [0.4, 0.5) is 0 Å². The molecule has 0 aliphatic rings. The molecule has 0 fully saturated rings. The molecule has 0 saturated heterocycles. The second kappa shape index (κ2) is 9.12. The van der Waals surface area contributed by atoms with Crippen molar-refractivity contribution in [1.29, 1.82) is 0 Å². The van der Waals surface area contributed by atoms with Gasteiger partial charge >= 0.3 is 5.97 Å². The minimum atomic E-state index is -0.794. The van der Waals surface area contributed by atoms with Crippen LogP contribution in [0.15, 0.2) is 0 Å². The van der Waals surface area contributed by atoms with Gasteiger partial charge in [-0.05, 0) is 20.8 Å². The van der Waals surface area contributed by atoms with Crippen molar-refractivity contribution < 1.29 is 23.9 Å². The lowest BCUT2D eigenvalue weighted by atomic mass is 9.95. The van der Waals surface area contributed by atoms with Crippen LogP contribution in [0.25, 0.3) is 0 Å². The van der Waals surface area contributed by atoms with Gasteiger partial charge in [-0.15, -0.1) is 0 Å². The molecule has 23 heavy (non-hydrogen) atoms. The Bertz CT molecular complexity index is 457. The van der Waals surface area contributed by atoms with E-state index in [-0.39, 0.29) is 19.1 Å². The van der Waals surface area contributed by atoms with E-state index in [2.05, 4.69) is 16.0 Å². The van der Waals surface area contributed by atoms with Crippen LogP contribution in [0, 0.1) is 5.41 Å². The quantitative estimate of drug-likeness (QED) is 0.556. The van der Waals surface area contributed by atoms with E-state index in [1.165, 1.54) is 13.8 Å². The Morgan fingerprint density at radius 3 is 2.04 bits per heavy atom. The number of esters is 1. The van der Waals surface area contributed by atoms with Gasteiger partial charge in [-0.25, -0.2) is 4.79 Å². The lowest BCUT2D eigenvalue weighted by molar-refractivity contribution is -0.146. The fourth-order valence-corrected chi connectivity index (χ4v) is 1.42. The van der Waals surface area contributed by atoms with Crippen molar-refractivity contribution >= 4 is 23.7 Å². The molecule has 0 aromatic carbocycles. The molecule has 0 rings (SSSR count). The van der Waals surface area contributed by atoms with E-state index < -0.39 is 35.3 Å². The molecule has 0 saturated carbocycles. The van der Waals surface area contributed by atoms with E-state index in [0.29, 0.717) is 0 Å². The van der Waals surface area contributed by atoms with Crippen LogP contribution in [0.3, 0.4) is 0 Å². The molecule has 3 amide bonds. The van der Waals surface area contributed by atoms with E-state index >= 15 is 0 Å². The zero-order valence-electron chi connectivity index (χ0n) is 14.6. The fourth-order valence-electron chi connectivity index (χ4n) is 1.42. The Labute approximate surface area is 136 Å². The largest absolute Gasteiger partial charge is 0.464 e. The molecule has 3 N–H and O–H groups in total. The molecule has 0 unspecified atom stereocenters. The summed E-state index contributed by atoms with van der Waals surface area (Å²) in [6.45, 7) is 9.81. The zero-order valence-corrected chi connectivity index (χ0v) is 14.6. The summed E-state index contributed by atoms with van der Waals surface area (Å²) in [5.74, 6) is -1.81. The van der Waals surface area contributed by atoms with E-state index in [1.807, 2.05) is 0 Å². The van der Waals surface area contributed by atoms with Gasteiger partial charge in [0.05, 0.1) is 13.2 Å². The molecule has 8 heteroatoms. The predicted molar refractivity (Wildman–Crippen MR) is 84.3 cm³/mol. The van der Waals surface area contributed by atoms with Crippen LogP contribution >= 0.6 is 0 Å². The van der Waals surface area contributed by atoms with E-state index in [0.717, 1.165) is 0 Å². The standard InChI is InChI=1S/C15H27N3O5/c1-7-23-13(21)10(3)17-11(19)8-16-12(20)9(2)18-14(22)15(4,5)6/h9-10H,7-8H2,1-6H3,(H,16,20)(H,17,19)(H,18,22)/t9-,10-/m0/s1. The topological polar surface area (TPSA) is 114 Å². The Morgan fingerprint density at radius 1 is 1.00 bits per heavy atom. The minimum absolute atomic E-state index is 0.223. The first-order valence-corrected chi connectivity index (χ1v) is 7.53. The van der Waals surface area contributed by atoms with Gasteiger partial charge in [0.1, 0.15) is 12.1 Å². The monoisotopic (exact) mass is 329 g/mol. The Kier molecular flexibility index (Phi) is 8.28. The molecular weight excluding hydrogens is 302 g/mol. The lowest BCUT2D eigenvalue weighted by Crippen LogP contribution is -2.51. The number of amides is 3. The first-order valence-electron chi connectivity index (χ1n) is 7.53. The summed E-state index contributed by atoms with van der Waals surface area (Å²) in [6, 6.07) is -1.56. The number of carbonyl (C=O) groups is 4. The number of ether oxygens (including phenoxy) is 1. The van der Waals surface area contributed by atoms with Crippen LogP contribution in [0.1, 0.15) is 41.5 Å². The highest BCUT2D eigenvalue weighted by Crippen LogP contribution is 2.12. The van der Waals surface area contributed by atoms with Gasteiger partial charge in [-0.1, -0.05) is 20.8 Å². The van der Waals surface area contributed by atoms with E-state index in [1.54, 1.807) is 27.7 Å². The van der Waals surface area contributed by atoms with Crippen LogP contribution in [0.2, 0.25) is 0 Å². The fraction of sp³-hybridized carbons (Fsp3) is 0.733.